The number of nitrogens with one attached hydrogen (secondary N) is 1. The van der Waals surface area contributed by atoms with Crippen LogP contribution < -0.4 is 10.5 Å². The summed E-state index contributed by atoms with van der Waals surface area (Å²) < 4.78 is 5.22. The molecule has 7 heteroatoms. The number of rotatable bonds is 5. The van der Waals surface area contributed by atoms with Gasteiger partial charge in [-0.1, -0.05) is 12.1 Å². The molecule has 3 N–H and O–H groups in total. The maximum absolute atomic E-state index is 12.9. The average Bonchev–Trinajstić information content (AvgIpc) is 3.12. The Hall–Kier alpha value is -2.83. The predicted molar refractivity (Wildman–Crippen MR) is 92.1 cm³/mol. The van der Waals surface area contributed by atoms with E-state index in [0.717, 1.165) is 36.3 Å². The monoisotopic (exact) mass is 342 g/mol. The van der Waals surface area contributed by atoms with Crippen LogP contribution in [0.3, 0.4) is 0 Å². The minimum Gasteiger partial charge on any atom is -0.497 e. The first-order chi connectivity index (χ1) is 12.1. The first-order valence-corrected chi connectivity index (χ1v) is 8.36. The van der Waals surface area contributed by atoms with Crippen molar-refractivity contribution in [3.8, 4) is 5.75 Å². The van der Waals surface area contributed by atoms with Gasteiger partial charge in [0.15, 0.2) is 0 Å². The first-order valence-electron chi connectivity index (χ1n) is 8.36. The van der Waals surface area contributed by atoms with Gasteiger partial charge in [-0.25, -0.2) is 0 Å². The van der Waals surface area contributed by atoms with E-state index < -0.39 is 5.91 Å². The fraction of sp³-hybridized carbons (Fsp3) is 0.389. The van der Waals surface area contributed by atoms with E-state index in [4.69, 9.17) is 10.5 Å². The largest absolute Gasteiger partial charge is 0.497 e. The van der Waals surface area contributed by atoms with Gasteiger partial charge in [-0.05, 0) is 43.0 Å². The van der Waals surface area contributed by atoms with Crippen molar-refractivity contribution in [3.63, 3.8) is 0 Å². The van der Waals surface area contributed by atoms with E-state index >= 15 is 0 Å². The highest BCUT2D eigenvalue weighted by molar-refractivity contribution is 5.90. The van der Waals surface area contributed by atoms with E-state index in [2.05, 4.69) is 10.2 Å². The molecule has 0 saturated carbocycles. The van der Waals surface area contributed by atoms with Gasteiger partial charge in [0.1, 0.15) is 11.4 Å². The second kappa shape index (κ2) is 7.38. The number of carbonyl (C=O) groups excluding carboxylic acids is 2. The van der Waals surface area contributed by atoms with Crippen LogP contribution in [0.2, 0.25) is 0 Å². The molecule has 1 aliphatic heterocycles. The maximum Gasteiger partial charge on any atom is 0.269 e. The molecule has 2 heterocycles. The van der Waals surface area contributed by atoms with Crippen molar-refractivity contribution in [1.82, 2.24) is 15.1 Å². The number of aromatic amines is 1. The van der Waals surface area contributed by atoms with Crippen LogP contribution in [0.15, 0.2) is 30.3 Å². The van der Waals surface area contributed by atoms with Gasteiger partial charge in [0, 0.05) is 6.54 Å². The lowest BCUT2D eigenvalue weighted by Gasteiger charge is -2.35. The molecule has 3 rings (SSSR count). The Morgan fingerprint density at radius 2 is 2.20 bits per heavy atom. The number of hydrogen-bond acceptors (Lipinski definition) is 4. The summed E-state index contributed by atoms with van der Waals surface area (Å²) in [6, 6.07) is 9.06. The van der Waals surface area contributed by atoms with Crippen molar-refractivity contribution in [1.29, 1.82) is 0 Å². The zero-order valence-electron chi connectivity index (χ0n) is 14.2. The van der Waals surface area contributed by atoms with Crippen LogP contribution in [0, 0.1) is 0 Å². The van der Waals surface area contributed by atoms with Gasteiger partial charge in [-0.3, -0.25) is 14.7 Å². The predicted octanol–water partition coefficient (Wildman–Crippen LogP) is 1.81. The highest BCUT2D eigenvalue weighted by Gasteiger charge is 2.29. The van der Waals surface area contributed by atoms with E-state index in [0.29, 0.717) is 13.0 Å². The van der Waals surface area contributed by atoms with Gasteiger partial charge >= 0.3 is 0 Å². The molecule has 1 unspecified atom stereocenters. The van der Waals surface area contributed by atoms with Gasteiger partial charge in [0.2, 0.25) is 5.91 Å². The van der Waals surface area contributed by atoms with E-state index in [1.165, 1.54) is 0 Å². The van der Waals surface area contributed by atoms with Crippen molar-refractivity contribution < 1.29 is 14.3 Å². The number of nitrogens with two attached hydrogens (primary N) is 1. The number of methoxy groups -OCH3 is 1. The number of ether oxygens (including phenoxy) is 1. The van der Waals surface area contributed by atoms with Gasteiger partial charge in [-0.15, -0.1) is 0 Å². The molecular formula is C18H22N4O3. The van der Waals surface area contributed by atoms with Crippen LogP contribution in [0.25, 0.3) is 0 Å². The van der Waals surface area contributed by atoms with Crippen molar-refractivity contribution in [2.24, 2.45) is 5.73 Å². The molecule has 0 aliphatic carbocycles. The van der Waals surface area contributed by atoms with Crippen LogP contribution >= 0.6 is 0 Å². The van der Waals surface area contributed by atoms with E-state index in [1.54, 1.807) is 13.2 Å². The Balaban J connectivity index is 1.77. The summed E-state index contributed by atoms with van der Waals surface area (Å²) >= 11 is 0. The summed E-state index contributed by atoms with van der Waals surface area (Å²) in [4.78, 5) is 26.0. The molecule has 2 amide bonds. The summed E-state index contributed by atoms with van der Waals surface area (Å²) in [7, 11) is 1.61. The Morgan fingerprint density at radius 1 is 1.36 bits per heavy atom. The normalized spacial score (nSPS) is 17.3. The Morgan fingerprint density at radius 3 is 2.92 bits per heavy atom. The molecule has 132 valence electrons. The zero-order valence-corrected chi connectivity index (χ0v) is 14.2. The molecular weight excluding hydrogens is 320 g/mol. The van der Waals surface area contributed by atoms with Crippen LogP contribution in [0.1, 0.15) is 47.1 Å². The van der Waals surface area contributed by atoms with Crippen LogP contribution in [-0.4, -0.2) is 40.6 Å². The molecule has 1 fully saturated rings. The summed E-state index contributed by atoms with van der Waals surface area (Å²) in [6.07, 6.45) is 3.14. The second-order valence-electron chi connectivity index (χ2n) is 6.20. The fourth-order valence-electron chi connectivity index (χ4n) is 3.25. The quantitative estimate of drug-likeness (QED) is 0.865. The van der Waals surface area contributed by atoms with Crippen molar-refractivity contribution in [2.75, 3.05) is 13.7 Å². The van der Waals surface area contributed by atoms with Crippen LogP contribution in [0.4, 0.5) is 0 Å². The standard InChI is InChI=1S/C18H22N4O3/c1-25-13-6-4-5-12(9-13)10-17(23)22-8-3-2-7-16(22)14-11-15(18(19)24)21-20-14/h4-6,9,11,16H,2-3,7-8,10H2,1H3,(H2,19,24)(H,20,21). The van der Waals surface area contributed by atoms with Gasteiger partial charge in [-0.2, -0.15) is 5.10 Å². The Bertz CT molecular complexity index is 771. The molecule has 1 atom stereocenters. The van der Waals surface area contributed by atoms with Gasteiger partial charge < -0.3 is 15.4 Å². The molecule has 7 nitrogen and oxygen atoms in total. The number of benzene rings is 1. The fourth-order valence-corrected chi connectivity index (χ4v) is 3.25. The number of primary amides is 1. The topological polar surface area (TPSA) is 101 Å². The van der Waals surface area contributed by atoms with E-state index in [-0.39, 0.29) is 17.6 Å². The number of likely N-dealkylation sites (tertiary alicyclic amines) is 1. The summed E-state index contributed by atoms with van der Waals surface area (Å²) in [5.41, 5.74) is 7.13. The third kappa shape index (κ3) is 3.81. The van der Waals surface area contributed by atoms with Crippen molar-refractivity contribution >= 4 is 11.8 Å². The maximum atomic E-state index is 12.9. The molecule has 25 heavy (non-hydrogen) atoms. The number of amides is 2. The summed E-state index contributed by atoms with van der Waals surface area (Å²) in [5.74, 6) is 0.209. The Labute approximate surface area is 146 Å². The second-order valence-corrected chi connectivity index (χ2v) is 6.20. The SMILES string of the molecule is COc1cccc(CC(=O)N2CCCCC2c2cc(C(N)=O)n[nH]2)c1. The molecule has 0 radical (unpaired) electrons. The lowest BCUT2D eigenvalue weighted by atomic mass is 9.98. The number of hydrogen-bond donors (Lipinski definition) is 2. The van der Waals surface area contributed by atoms with Crippen LogP contribution in [0.5, 0.6) is 5.75 Å². The summed E-state index contributed by atoms with van der Waals surface area (Å²) in [5, 5.41) is 6.80. The zero-order chi connectivity index (χ0) is 17.8. The number of carbonyl (C=O) groups is 2. The number of nitrogens with zero attached hydrogens (tertiary/aromatic N) is 2. The first kappa shape index (κ1) is 17.0. The van der Waals surface area contributed by atoms with Gasteiger partial charge in [0.05, 0.1) is 25.3 Å². The van der Waals surface area contributed by atoms with Gasteiger partial charge in [0.25, 0.3) is 5.91 Å². The smallest absolute Gasteiger partial charge is 0.269 e. The highest BCUT2D eigenvalue weighted by atomic mass is 16.5. The third-order valence-corrected chi connectivity index (χ3v) is 4.52. The lowest BCUT2D eigenvalue weighted by molar-refractivity contribution is -0.134. The number of piperidine rings is 1. The highest BCUT2D eigenvalue weighted by Crippen LogP contribution is 2.30. The Kier molecular flexibility index (Phi) is 5.02. The molecule has 0 spiro atoms. The summed E-state index contributed by atoms with van der Waals surface area (Å²) in [6.45, 7) is 0.693. The molecule has 1 aromatic heterocycles. The molecule has 1 aliphatic rings. The average molecular weight is 342 g/mol. The molecule has 1 aromatic carbocycles. The number of aromatic nitrogens is 2. The minimum atomic E-state index is -0.576. The molecule has 0 bridgehead atoms. The molecule has 1 saturated heterocycles. The minimum absolute atomic E-state index is 0.0492. The van der Waals surface area contributed by atoms with Crippen molar-refractivity contribution in [3.05, 3.63) is 47.3 Å². The number of H-pyrrole nitrogens is 1. The van der Waals surface area contributed by atoms with Crippen molar-refractivity contribution in [2.45, 2.75) is 31.7 Å². The van der Waals surface area contributed by atoms with E-state index in [1.807, 2.05) is 29.2 Å². The molecule has 2 aromatic rings. The van der Waals surface area contributed by atoms with E-state index in [9.17, 15) is 9.59 Å². The lowest BCUT2D eigenvalue weighted by Crippen LogP contribution is -2.39. The third-order valence-electron chi connectivity index (χ3n) is 4.52. The van der Waals surface area contributed by atoms with Crippen LogP contribution in [-0.2, 0) is 11.2 Å².